The van der Waals surface area contributed by atoms with Crippen molar-refractivity contribution in [3.63, 3.8) is 0 Å². The van der Waals surface area contributed by atoms with Crippen LogP contribution in [0.15, 0.2) is 53.6 Å². The summed E-state index contributed by atoms with van der Waals surface area (Å²) in [5.74, 6) is 0.786. The van der Waals surface area contributed by atoms with Gasteiger partial charge in [0, 0.05) is 12.0 Å². The topological polar surface area (TPSA) is 45.1 Å². The van der Waals surface area contributed by atoms with E-state index in [1.165, 1.54) is 5.56 Å². The average molecular weight is 365 g/mol. The Morgan fingerprint density at radius 2 is 1.93 bits per heavy atom. The van der Waals surface area contributed by atoms with Crippen LogP contribution in [-0.4, -0.2) is 48.8 Å². The molecule has 1 unspecified atom stereocenters. The molecule has 0 saturated carbocycles. The van der Waals surface area contributed by atoms with E-state index in [-0.39, 0.29) is 11.9 Å². The van der Waals surface area contributed by atoms with Gasteiger partial charge in [-0.25, -0.2) is 5.01 Å². The summed E-state index contributed by atoms with van der Waals surface area (Å²) in [4.78, 5) is 14.9. The van der Waals surface area contributed by atoms with Gasteiger partial charge in [0.05, 0.1) is 25.4 Å². The first kappa shape index (κ1) is 19.1. The lowest BCUT2D eigenvalue weighted by molar-refractivity contribution is -0.133. The van der Waals surface area contributed by atoms with Gasteiger partial charge in [-0.2, -0.15) is 5.10 Å². The molecular weight excluding hydrogens is 338 g/mol. The molecule has 0 bridgehead atoms. The molecule has 5 heteroatoms. The van der Waals surface area contributed by atoms with Gasteiger partial charge in [-0.1, -0.05) is 48.9 Å². The van der Waals surface area contributed by atoms with E-state index >= 15 is 0 Å². The van der Waals surface area contributed by atoms with E-state index in [1.807, 2.05) is 43.1 Å². The molecule has 0 spiro atoms. The summed E-state index contributed by atoms with van der Waals surface area (Å²) in [6.07, 6.45) is 0.672. The molecule has 0 radical (unpaired) electrons. The number of para-hydroxylation sites is 1. The maximum Gasteiger partial charge on any atom is 0.257 e. The van der Waals surface area contributed by atoms with Crippen LogP contribution < -0.4 is 4.74 Å². The van der Waals surface area contributed by atoms with Gasteiger partial charge in [-0.15, -0.1) is 0 Å². The van der Waals surface area contributed by atoms with Crippen LogP contribution in [0.4, 0.5) is 0 Å². The van der Waals surface area contributed by atoms with Crippen molar-refractivity contribution in [2.45, 2.75) is 26.3 Å². The molecule has 0 aliphatic carbocycles. The first-order chi connectivity index (χ1) is 13.0. The highest BCUT2D eigenvalue weighted by molar-refractivity contribution is 6.05. The fourth-order valence-electron chi connectivity index (χ4n) is 3.25. The fourth-order valence-corrected chi connectivity index (χ4v) is 3.25. The Balaban J connectivity index is 1.96. The molecular formula is C22H27N3O2. The number of carbonyl (C=O) groups is 1. The van der Waals surface area contributed by atoms with Gasteiger partial charge in [-0.05, 0) is 38.2 Å². The summed E-state index contributed by atoms with van der Waals surface area (Å²) in [7, 11) is 3.60. The van der Waals surface area contributed by atoms with E-state index in [0.717, 1.165) is 29.1 Å². The molecule has 5 nitrogen and oxygen atoms in total. The van der Waals surface area contributed by atoms with Crippen LogP contribution in [0.3, 0.4) is 0 Å². The molecule has 1 heterocycles. The third-order valence-electron chi connectivity index (χ3n) is 4.99. The van der Waals surface area contributed by atoms with Gasteiger partial charge < -0.3 is 4.74 Å². The number of carbonyl (C=O) groups excluding carboxylic acids is 1. The zero-order valence-electron chi connectivity index (χ0n) is 16.5. The molecule has 0 saturated heterocycles. The van der Waals surface area contributed by atoms with Crippen LogP contribution in [-0.2, 0) is 4.79 Å². The largest absolute Gasteiger partial charge is 0.496 e. The Bertz CT molecular complexity index is 830. The van der Waals surface area contributed by atoms with Gasteiger partial charge in [0.1, 0.15) is 5.75 Å². The summed E-state index contributed by atoms with van der Waals surface area (Å²) >= 11 is 0. The minimum Gasteiger partial charge on any atom is -0.496 e. The Morgan fingerprint density at radius 1 is 1.22 bits per heavy atom. The SMILES string of the molecule is CCN(C)CC(=O)N1N=C(c2ccccc2OC)CC1c1ccc(C)cc1. The molecule has 0 fully saturated rings. The zero-order valence-corrected chi connectivity index (χ0v) is 16.5. The predicted molar refractivity (Wildman–Crippen MR) is 108 cm³/mol. The van der Waals surface area contributed by atoms with Crippen LogP contribution in [0.1, 0.15) is 36.1 Å². The highest BCUT2D eigenvalue weighted by Crippen LogP contribution is 2.35. The quantitative estimate of drug-likeness (QED) is 0.785. The van der Waals surface area contributed by atoms with Crippen molar-refractivity contribution >= 4 is 11.6 Å². The van der Waals surface area contributed by atoms with Crippen LogP contribution >= 0.6 is 0 Å². The van der Waals surface area contributed by atoms with Crippen molar-refractivity contribution in [1.29, 1.82) is 0 Å². The van der Waals surface area contributed by atoms with E-state index in [0.29, 0.717) is 13.0 Å². The second-order valence-electron chi connectivity index (χ2n) is 6.95. The number of hydrogen-bond donors (Lipinski definition) is 0. The van der Waals surface area contributed by atoms with E-state index in [2.05, 4.69) is 31.2 Å². The Morgan fingerprint density at radius 3 is 2.59 bits per heavy atom. The van der Waals surface area contributed by atoms with Crippen molar-refractivity contribution in [3.8, 4) is 5.75 Å². The normalized spacial score (nSPS) is 16.6. The monoisotopic (exact) mass is 365 g/mol. The van der Waals surface area contributed by atoms with Crippen LogP contribution in [0.2, 0.25) is 0 Å². The maximum absolute atomic E-state index is 12.9. The van der Waals surface area contributed by atoms with Gasteiger partial charge in [0.15, 0.2) is 0 Å². The number of hydrazone groups is 1. The first-order valence-corrected chi connectivity index (χ1v) is 9.31. The lowest BCUT2D eigenvalue weighted by Gasteiger charge is -2.24. The minimum atomic E-state index is -0.0942. The zero-order chi connectivity index (χ0) is 19.4. The molecule has 0 N–H and O–H groups in total. The number of likely N-dealkylation sites (N-methyl/N-ethyl adjacent to an activating group) is 1. The molecule has 2 aromatic carbocycles. The third-order valence-corrected chi connectivity index (χ3v) is 4.99. The number of rotatable bonds is 6. The van der Waals surface area contributed by atoms with Crippen molar-refractivity contribution in [1.82, 2.24) is 9.91 Å². The van der Waals surface area contributed by atoms with E-state index in [4.69, 9.17) is 9.84 Å². The fraction of sp³-hybridized carbons (Fsp3) is 0.364. The summed E-state index contributed by atoms with van der Waals surface area (Å²) in [6.45, 7) is 5.27. The smallest absolute Gasteiger partial charge is 0.257 e. The Kier molecular flexibility index (Phi) is 5.91. The van der Waals surface area contributed by atoms with Crippen molar-refractivity contribution in [3.05, 3.63) is 65.2 Å². The van der Waals surface area contributed by atoms with Gasteiger partial charge in [0.25, 0.3) is 5.91 Å². The van der Waals surface area contributed by atoms with Crippen LogP contribution in [0.25, 0.3) is 0 Å². The molecule has 1 amide bonds. The summed E-state index contributed by atoms with van der Waals surface area (Å²) in [5.41, 5.74) is 4.12. The van der Waals surface area contributed by atoms with Gasteiger partial charge in [-0.3, -0.25) is 9.69 Å². The number of amides is 1. The second-order valence-corrected chi connectivity index (χ2v) is 6.95. The number of benzene rings is 2. The number of nitrogens with zero attached hydrogens (tertiary/aromatic N) is 3. The molecule has 1 aliphatic rings. The molecule has 1 atom stereocenters. The number of ether oxygens (including phenoxy) is 1. The molecule has 2 aromatic rings. The predicted octanol–water partition coefficient (Wildman–Crippen LogP) is 3.63. The summed E-state index contributed by atoms with van der Waals surface area (Å²) < 4.78 is 5.50. The lowest BCUT2D eigenvalue weighted by atomic mass is 9.97. The standard InChI is InChI=1S/C22H27N3O2/c1-5-24(3)15-22(26)25-20(17-12-10-16(2)11-13-17)14-19(23-25)18-8-6-7-9-21(18)27-4/h6-13,20H,5,14-15H2,1-4H3. The Hall–Kier alpha value is -2.66. The second kappa shape index (κ2) is 8.35. The number of aryl methyl sites for hydroxylation is 1. The first-order valence-electron chi connectivity index (χ1n) is 9.31. The van der Waals surface area contributed by atoms with Crippen molar-refractivity contribution in [2.75, 3.05) is 27.2 Å². The van der Waals surface area contributed by atoms with E-state index in [1.54, 1.807) is 12.1 Å². The van der Waals surface area contributed by atoms with E-state index < -0.39 is 0 Å². The molecule has 0 aromatic heterocycles. The lowest BCUT2D eigenvalue weighted by Crippen LogP contribution is -2.36. The van der Waals surface area contributed by atoms with Gasteiger partial charge >= 0.3 is 0 Å². The average Bonchev–Trinajstić information content (AvgIpc) is 3.13. The number of hydrogen-bond acceptors (Lipinski definition) is 4. The van der Waals surface area contributed by atoms with E-state index in [9.17, 15) is 4.79 Å². The maximum atomic E-state index is 12.9. The molecule has 3 rings (SSSR count). The minimum absolute atomic E-state index is 0.00910. The van der Waals surface area contributed by atoms with Crippen LogP contribution in [0, 0.1) is 6.92 Å². The third kappa shape index (κ3) is 4.19. The summed E-state index contributed by atoms with van der Waals surface area (Å²) in [5, 5.41) is 6.38. The molecule has 142 valence electrons. The van der Waals surface area contributed by atoms with Crippen LogP contribution in [0.5, 0.6) is 5.75 Å². The molecule has 1 aliphatic heterocycles. The summed E-state index contributed by atoms with van der Waals surface area (Å²) in [6, 6.07) is 16.1. The number of methoxy groups -OCH3 is 1. The Labute approximate surface area is 161 Å². The highest BCUT2D eigenvalue weighted by atomic mass is 16.5. The van der Waals surface area contributed by atoms with Crippen molar-refractivity contribution < 1.29 is 9.53 Å². The highest BCUT2D eigenvalue weighted by Gasteiger charge is 2.34. The van der Waals surface area contributed by atoms with Crippen molar-refractivity contribution in [2.24, 2.45) is 5.10 Å². The molecule has 27 heavy (non-hydrogen) atoms. The van der Waals surface area contributed by atoms with Gasteiger partial charge in [0.2, 0.25) is 0 Å².